The normalized spacial score (nSPS) is 11.8. The fraction of sp³-hybridized carbons (Fsp3) is 0.609. The number of anilines is 1. The molecule has 188 valence electrons. The van der Waals surface area contributed by atoms with Crippen molar-refractivity contribution in [1.29, 1.82) is 0 Å². The maximum atomic E-state index is 12.1. The molecule has 3 amide bonds. The molecule has 0 aliphatic heterocycles. The van der Waals surface area contributed by atoms with Crippen LogP contribution >= 0.6 is 24.0 Å². The quantitative estimate of drug-likeness (QED) is 0.181. The summed E-state index contributed by atoms with van der Waals surface area (Å²) in [6, 6.07) is 7.38. The van der Waals surface area contributed by atoms with Gasteiger partial charge in [-0.2, -0.15) is 0 Å². The molecule has 1 aromatic carbocycles. The predicted molar refractivity (Wildman–Crippen MR) is 145 cm³/mol. The van der Waals surface area contributed by atoms with Crippen LogP contribution in [0.15, 0.2) is 29.3 Å². The molecule has 0 spiro atoms. The van der Waals surface area contributed by atoms with E-state index in [-0.39, 0.29) is 36.0 Å². The number of carbonyl (C=O) groups is 2. The van der Waals surface area contributed by atoms with Crippen molar-refractivity contribution >= 4 is 47.7 Å². The summed E-state index contributed by atoms with van der Waals surface area (Å²) in [7, 11) is 0. The van der Waals surface area contributed by atoms with E-state index in [9.17, 15) is 9.59 Å². The van der Waals surface area contributed by atoms with Crippen molar-refractivity contribution in [2.75, 3.05) is 18.4 Å². The molecule has 10 heteroatoms. The molecule has 0 radical (unpaired) electrons. The van der Waals surface area contributed by atoms with Gasteiger partial charge in [-0.15, -0.1) is 24.0 Å². The van der Waals surface area contributed by atoms with E-state index in [1.165, 1.54) is 0 Å². The monoisotopic (exact) mass is 576 g/mol. The van der Waals surface area contributed by atoms with Gasteiger partial charge in [-0.1, -0.05) is 12.1 Å². The summed E-state index contributed by atoms with van der Waals surface area (Å²) in [4.78, 5) is 28.5. The summed E-state index contributed by atoms with van der Waals surface area (Å²) >= 11 is 0. The molecule has 33 heavy (non-hydrogen) atoms. The number of nitrogens with one attached hydrogen (secondary N) is 5. The third-order valence-corrected chi connectivity index (χ3v) is 3.93. The molecule has 1 aromatic rings. The zero-order valence-corrected chi connectivity index (χ0v) is 23.4. The fourth-order valence-corrected chi connectivity index (χ4v) is 2.56. The van der Waals surface area contributed by atoms with Gasteiger partial charge in [-0.3, -0.25) is 0 Å². The lowest BCUT2D eigenvalue weighted by atomic mass is 10.1. The predicted octanol–water partition coefficient (Wildman–Crippen LogP) is 4.19. The van der Waals surface area contributed by atoms with Gasteiger partial charge in [0.2, 0.25) is 0 Å². The molecule has 5 N–H and O–H groups in total. The van der Waals surface area contributed by atoms with Gasteiger partial charge in [-0.05, 0) is 73.1 Å². The van der Waals surface area contributed by atoms with Crippen LogP contribution in [0, 0.1) is 0 Å². The highest BCUT2D eigenvalue weighted by atomic mass is 127. The van der Waals surface area contributed by atoms with Gasteiger partial charge < -0.3 is 31.3 Å². The number of rotatable bonds is 8. The summed E-state index contributed by atoms with van der Waals surface area (Å²) in [5, 5.41) is 14.9. The largest absolute Gasteiger partial charge is 0.444 e. The van der Waals surface area contributed by atoms with Crippen LogP contribution in [0.1, 0.15) is 61.0 Å². The molecule has 0 fully saturated rings. The van der Waals surface area contributed by atoms with Crippen LogP contribution in [0.4, 0.5) is 15.3 Å². The second-order valence-electron chi connectivity index (χ2n) is 9.51. The maximum Gasteiger partial charge on any atom is 0.408 e. The second-order valence-corrected chi connectivity index (χ2v) is 9.51. The van der Waals surface area contributed by atoms with Crippen LogP contribution in [0.2, 0.25) is 0 Å². The Morgan fingerprint density at radius 2 is 1.64 bits per heavy atom. The van der Waals surface area contributed by atoms with Crippen molar-refractivity contribution < 1.29 is 14.3 Å². The third-order valence-electron chi connectivity index (χ3n) is 3.93. The number of hydrogen-bond donors (Lipinski definition) is 5. The van der Waals surface area contributed by atoms with E-state index in [1.807, 2.05) is 79.7 Å². The first-order chi connectivity index (χ1) is 14.8. The average Bonchev–Trinajstić information content (AvgIpc) is 2.62. The number of ether oxygens (including phenoxy) is 1. The summed E-state index contributed by atoms with van der Waals surface area (Å²) < 4.78 is 5.33. The Bertz CT molecular complexity index is 773. The lowest BCUT2D eigenvalue weighted by Gasteiger charge is -2.29. The van der Waals surface area contributed by atoms with Crippen LogP contribution in [0.3, 0.4) is 0 Å². The zero-order chi connectivity index (χ0) is 24.4. The van der Waals surface area contributed by atoms with Gasteiger partial charge in [0.1, 0.15) is 5.60 Å². The van der Waals surface area contributed by atoms with Crippen LogP contribution in [0.5, 0.6) is 0 Å². The van der Waals surface area contributed by atoms with Crippen LogP contribution in [-0.4, -0.2) is 48.4 Å². The molecule has 0 heterocycles. The lowest BCUT2D eigenvalue weighted by Crippen LogP contribution is -2.54. The number of hydrogen-bond acceptors (Lipinski definition) is 4. The molecular weight excluding hydrogens is 535 g/mol. The van der Waals surface area contributed by atoms with E-state index >= 15 is 0 Å². The van der Waals surface area contributed by atoms with Crippen molar-refractivity contribution in [3.05, 3.63) is 29.8 Å². The standard InChI is InChI=1S/C23H40N6O3.HI/c1-9-24-19(26-15-23(7,8)29-21(31)32-22(4,5)6)25-14-17-10-12-18(13-11-17)28-20(30)27-16(2)3;/h10-13,16H,9,14-15H2,1-8H3,(H,29,31)(H2,24,25,26)(H2,27,28,30);1H. The van der Waals surface area contributed by atoms with Crippen molar-refractivity contribution in [2.45, 2.75) is 79.1 Å². The Labute approximate surface area is 215 Å². The number of benzene rings is 1. The topological polar surface area (TPSA) is 116 Å². The van der Waals surface area contributed by atoms with Gasteiger partial charge in [0, 0.05) is 24.8 Å². The van der Waals surface area contributed by atoms with Crippen LogP contribution in [-0.2, 0) is 11.3 Å². The minimum atomic E-state index is -0.548. The minimum absolute atomic E-state index is 0. The molecule has 0 aromatic heterocycles. The van der Waals surface area contributed by atoms with Gasteiger partial charge in [-0.25, -0.2) is 14.6 Å². The summed E-state index contributed by atoms with van der Waals surface area (Å²) in [5.41, 5.74) is 0.634. The Balaban J connectivity index is 0.0000102. The van der Waals surface area contributed by atoms with Gasteiger partial charge in [0.05, 0.1) is 12.1 Å². The van der Waals surface area contributed by atoms with Crippen molar-refractivity contribution in [3.63, 3.8) is 0 Å². The summed E-state index contributed by atoms with van der Waals surface area (Å²) in [6.45, 7) is 16.8. The maximum absolute atomic E-state index is 12.1. The average molecular weight is 577 g/mol. The van der Waals surface area contributed by atoms with Gasteiger partial charge in [0.25, 0.3) is 0 Å². The molecule has 0 saturated carbocycles. The smallest absolute Gasteiger partial charge is 0.408 e. The van der Waals surface area contributed by atoms with E-state index < -0.39 is 17.2 Å². The highest BCUT2D eigenvalue weighted by Gasteiger charge is 2.24. The van der Waals surface area contributed by atoms with E-state index in [0.29, 0.717) is 25.6 Å². The Hall–Kier alpha value is -2.24. The number of amides is 3. The Kier molecular flexibility index (Phi) is 13.2. The number of nitrogens with zero attached hydrogens (tertiary/aromatic N) is 1. The van der Waals surface area contributed by atoms with E-state index in [4.69, 9.17) is 4.74 Å². The van der Waals surface area contributed by atoms with E-state index in [2.05, 4.69) is 31.6 Å². The first-order valence-electron chi connectivity index (χ1n) is 11.0. The SMILES string of the molecule is CCNC(=NCc1ccc(NC(=O)NC(C)C)cc1)NCC(C)(C)NC(=O)OC(C)(C)C.I. The number of guanidine groups is 1. The van der Waals surface area contributed by atoms with E-state index in [0.717, 1.165) is 11.3 Å². The molecule has 9 nitrogen and oxygen atoms in total. The first-order valence-corrected chi connectivity index (χ1v) is 11.0. The zero-order valence-electron chi connectivity index (χ0n) is 21.1. The Morgan fingerprint density at radius 3 is 2.15 bits per heavy atom. The molecule has 0 atom stereocenters. The molecule has 0 bridgehead atoms. The number of alkyl carbamates (subject to hydrolysis) is 1. The summed E-state index contributed by atoms with van der Waals surface area (Å²) in [5.74, 6) is 0.644. The summed E-state index contributed by atoms with van der Waals surface area (Å²) in [6.07, 6.45) is -0.456. The van der Waals surface area contributed by atoms with Crippen molar-refractivity contribution in [2.24, 2.45) is 4.99 Å². The molecule has 0 aliphatic rings. The van der Waals surface area contributed by atoms with Crippen LogP contribution < -0.4 is 26.6 Å². The number of halogens is 1. The van der Waals surface area contributed by atoms with E-state index in [1.54, 1.807) is 0 Å². The fourth-order valence-electron chi connectivity index (χ4n) is 2.56. The van der Waals surface area contributed by atoms with Crippen molar-refractivity contribution in [1.82, 2.24) is 21.3 Å². The second kappa shape index (κ2) is 14.1. The molecule has 0 aliphatic carbocycles. The third kappa shape index (κ3) is 14.5. The molecule has 0 saturated heterocycles. The lowest BCUT2D eigenvalue weighted by molar-refractivity contribution is 0.0474. The molecule has 1 rings (SSSR count). The molecule has 0 unspecified atom stereocenters. The van der Waals surface area contributed by atoms with Gasteiger partial charge in [0.15, 0.2) is 5.96 Å². The number of carbonyl (C=O) groups excluding carboxylic acids is 2. The first kappa shape index (κ1) is 30.8. The highest BCUT2D eigenvalue weighted by molar-refractivity contribution is 14.0. The highest BCUT2D eigenvalue weighted by Crippen LogP contribution is 2.11. The minimum Gasteiger partial charge on any atom is -0.444 e. The molecular formula is C23H41IN6O3. The Morgan fingerprint density at radius 1 is 1.03 bits per heavy atom. The van der Waals surface area contributed by atoms with Gasteiger partial charge >= 0.3 is 12.1 Å². The number of aliphatic imine (C=N–C) groups is 1. The van der Waals surface area contributed by atoms with Crippen molar-refractivity contribution in [3.8, 4) is 0 Å². The number of urea groups is 1. The van der Waals surface area contributed by atoms with Crippen LogP contribution in [0.25, 0.3) is 0 Å².